The number of hydrogen-bond acceptors (Lipinski definition) is 1. The third kappa shape index (κ3) is 3.70. The second-order valence-corrected chi connectivity index (χ2v) is 6.00. The van der Waals surface area contributed by atoms with Crippen molar-refractivity contribution in [2.75, 3.05) is 0 Å². The highest BCUT2D eigenvalue weighted by Crippen LogP contribution is 2.20. The number of rotatable bonds is 3. The molecule has 18 heavy (non-hydrogen) atoms. The molecule has 0 heterocycles. The van der Waals surface area contributed by atoms with E-state index in [0.717, 1.165) is 9.13 Å². The van der Waals surface area contributed by atoms with Crippen molar-refractivity contribution in [3.63, 3.8) is 0 Å². The molecule has 0 saturated heterocycles. The van der Waals surface area contributed by atoms with Crippen LogP contribution >= 0.6 is 45.8 Å². The fourth-order valence-corrected chi connectivity index (χ4v) is 2.49. The molecule has 0 atom stereocenters. The Morgan fingerprint density at radius 1 is 1.00 bits per heavy atom. The van der Waals surface area contributed by atoms with Crippen molar-refractivity contribution in [3.05, 3.63) is 67.2 Å². The van der Waals surface area contributed by atoms with E-state index in [0.29, 0.717) is 22.0 Å². The predicted octanol–water partition coefficient (Wildman–Crippen LogP) is 5.02. The molecular weight excluding hydrogens is 382 g/mol. The molecule has 2 rings (SSSR count). The Labute approximate surface area is 129 Å². The minimum atomic E-state index is 0.0145. The lowest BCUT2D eigenvalue weighted by atomic mass is 10.0. The van der Waals surface area contributed by atoms with Gasteiger partial charge in [-0.3, -0.25) is 4.79 Å². The lowest BCUT2D eigenvalue weighted by Crippen LogP contribution is -2.03. The zero-order valence-corrected chi connectivity index (χ0v) is 13.0. The van der Waals surface area contributed by atoms with Crippen molar-refractivity contribution in [2.24, 2.45) is 0 Å². The standard InChI is InChI=1S/C14H9Cl2IO/c15-11-6-10(7-12(16)8-11)14(18)5-9-1-3-13(17)4-2-9/h1-4,6-8H,5H2. The van der Waals surface area contributed by atoms with Crippen molar-refractivity contribution in [3.8, 4) is 0 Å². The molecule has 0 saturated carbocycles. The zero-order chi connectivity index (χ0) is 13.1. The van der Waals surface area contributed by atoms with E-state index in [9.17, 15) is 4.79 Å². The number of Topliss-reactive ketones (excluding diaryl/α,β-unsaturated/α-hetero) is 1. The van der Waals surface area contributed by atoms with Gasteiger partial charge in [-0.2, -0.15) is 0 Å². The van der Waals surface area contributed by atoms with E-state index in [1.54, 1.807) is 18.2 Å². The van der Waals surface area contributed by atoms with Gasteiger partial charge < -0.3 is 0 Å². The first kappa shape index (κ1) is 13.8. The highest BCUT2D eigenvalue weighted by molar-refractivity contribution is 14.1. The third-order valence-corrected chi connectivity index (χ3v) is 3.62. The van der Waals surface area contributed by atoms with E-state index >= 15 is 0 Å². The van der Waals surface area contributed by atoms with Crippen LogP contribution in [0.2, 0.25) is 10.0 Å². The molecule has 0 spiro atoms. The summed E-state index contributed by atoms with van der Waals surface area (Å²) >= 11 is 14.0. The maximum Gasteiger partial charge on any atom is 0.167 e. The summed E-state index contributed by atoms with van der Waals surface area (Å²) in [4.78, 5) is 12.1. The summed E-state index contributed by atoms with van der Waals surface area (Å²) in [6, 6.07) is 12.8. The molecule has 0 aliphatic carbocycles. The van der Waals surface area contributed by atoms with Gasteiger partial charge in [-0.15, -0.1) is 0 Å². The summed E-state index contributed by atoms with van der Waals surface area (Å²) in [5, 5.41) is 0.960. The van der Waals surface area contributed by atoms with Gasteiger partial charge in [-0.1, -0.05) is 35.3 Å². The van der Waals surface area contributed by atoms with E-state index in [-0.39, 0.29) is 5.78 Å². The smallest absolute Gasteiger partial charge is 0.167 e. The van der Waals surface area contributed by atoms with Crippen LogP contribution in [-0.2, 0) is 6.42 Å². The van der Waals surface area contributed by atoms with Crippen LogP contribution in [-0.4, -0.2) is 5.78 Å². The van der Waals surface area contributed by atoms with Crippen molar-refractivity contribution in [1.82, 2.24) is 0 Å². The van der Waals surface area contributed by atoms with E-state index in [2.05, 4.69) is 22.6 Å². The van der Waals surface area contributed by atoms with Gasteiger partial charge in [-0.05, 0) is 58.5 Å². The van der Waals surface area contributed by atoms with Crippen LogP contribution in [0.5, 0.6) is 0 Å². The first-order valence-electron chi connectivity index (χ1n) is 5.28. The molecule has 0 N–H and O–H groups in total. The highest BCUT2D eigenvalue weighted by atomic mass is 127. The molecule has 2 aromatic carbocycles. The quantitative estimate of drug-likeness (QED) is 0.531. The van der Waals surface area contributed by atoms with Crippen LogP contribution in [0.1, 0.15) is 15.9 Å². The lowest BCUT2D eigenvalue weighted by Gasteiger charge is -2.03. The second-order valence-electron chi connectivity index (χ2n) is 3.88. The largest absolute Gasteiger partial charge is 0.294 e. The fraction of sp³-hybridized carbons (Fsp3) is 0.0714. The molecule has 0 fully saturated rings. The van der Waals surface area contributed by atoms with Crippen LogP contribution in [0.15, 0.2) is 42.5 Å². The van der Waals surface area contributed by atoms with E-state index in [4.69, 9.17) is 23.2 Å². The van der Waals surface area contributed by atoms with Crippen molar-refractivity contribution in [1.29, 1.82) is 0 Å². The number of hydrogen-bond donors (Lipinski definition) is 0. The third-order valence-electron chi connectivity index (χ3n) is 2.46. The van der Waals surface area contributed by atoms with Gasteiger partial charge >= 0.3 is 0 Å². The van der Waals surface area contributed by atoms with Gasteiger partial charge in [0.2, 0.25) is 0 Å². The Kier molecular flexibility index (Phi) is 4.65. The van der Waals surface area contributed by atoms with Crippen LogP contribution in [0.3, 0.4) is 0 Å². The lowest BCUT2D eigenvalue weighted by molar-refractivity contribution is 0.0993. The van der Waals surface area contributed by atoms with E-state index in [1.165, 1.54) is 0 Å². The fourth-order valence-electron chi connectivity index (χ4n) is 1.60. The van der Waals surface area contributed by atoms with Gasteiger partial charge in [0, 0.05) is 25.6 Å². The Hall–Kier alpha value is -0.580. The number of halogens is 3. The first-order valence-corrected chi connectivity index (χ1v) is 7.12. The Balaban J connectivity index is 2.19. The van der Waals surface area contributed by atoms with Gasteiger partial charge in [0.15, 0.2) is 5.78 Å². The van der Waals surface area contributed by atoms with Gasteiger partial charge in [0.1, 0.15) is 0 Å². The number of ketones is 1. The molecule has 1 nitrogen and oxygen atoms in total. The average Bonchev–Trinajstić information content (AvgIpc) is 2.31. The maximum absolute atomic E-state index is 12.1. The first-order chi connectivity index (χ1) is 8.54. The monoisotopic (exact) mass is 390 g/mol. The van der Waals surface area contributed by atoms with Crippen molar-refractivity contribution in [2.45, 2.75) is 6.42 Å². The minimum absolute atomic E-state index is 0.0145. The Morgan fingerprint density at radius 2 is 1.56 bits per heavy atom. The van der Waals surface area contributed by atoms with E-state index in [1.807, 2.05) is 24.3 Å². The topological polar surface area (TPSA) is 17.1 Å². The summed E-state index contributed by atoms with van der Waals surface area (Å²) in [6.07, 6.45) is 0.355. The molecule has 0 aliphatic heterocycles. The molecule has 0 aliphatic rings. The van der Waals surface area contributed by atoms with Gasteiger partial charge in [0.25, 0.3) is 0 Å². The van der Waals surface area contributed by atoms with Gasteiger partial charge in [0.05, 0.1) is 0 Å². The molecule has 0 amide bonds. The summed E-state index contributed by atoms with van der Waals surface area (Å²) in [5.41, 5.74) is 1.53. The second kappa shape index (κ2) is 6.04. The molecule has 0 bridgehead atoms. The normalized spacial score (nSPS) is 10.4. The zero-order valence-electron chi connectivity index (χ0n) is 9.29. The molecule has 0 unspecified atom stereocenters. The Bertz CT molecular complexity index is 559. The van der Waals surface area contributed by atoms with Crippen molar-refractivity contribution >= 4 is 51.6 Å². The molecule has 4 heteroatoms. The minimum Gasteiger partial charge on any atom is -0.294 e. The summed E-state index contributed by atoms with van der Waals surface area (Å²) < 4.78 is 1.15. The van der Waals surface area contributed by atoms with Crippen molar-refractivity contribution < 1.29 is 4.79 Å². The summed E-state index contributed by atoms with van der Waals surface area (Å²) in [5.74, 6) is 0.0145. The number of carbonyl (C=O) groups is 1. The Morgan fingerprint density at radius 3 is 2.11 bits per heavy atom. The molecular formula is C14H9Cl2IO. The number of benzene rings is 2. The highest BCUT2D eigenvalue weighted by Gasteiger charge is 2.09. The maximum atomic E-state index is 12.1. The number of carbonyl (C=O) groups excluding carboxylic acids is 1. The SMILES string of the molecule is O=C(Cc1ccc(I)cc1)c1cc(Cl)cc(Cl)c1. The van der Waals surface area contributed by atoms with Crippen LogP contribution in [0.4, 0.5) is 0 Å². The molecule has 2 aromatic rings. The van der Waals surface area contributed by atoms with Crippen LogP contribution < -0.4 is 0 Å². The molecule has 0 aromatic heterocycles. The molecule has 92 valence electrons. The molecule has 0 radical (unpaired) electrons. The van der Waals surface area contributed by atoms with Crippen LogP contribution in [0, 0.1) is 3.57 Å². The summed E-state index contributed by atoms with van der Waals surface area (Å²) in [6.45, 7) is 0. The summed E-state index contributed by atoms with van der Waals surface area (Å²) in [7, 11) is 0. The van der Waals surface area contributed by atoms with E-state index < -0.39 is 0 Å². The average molecular weight is 391 g/mol. The van der Waals surface area contributed by atoms with Gasteiger partial charge in [-0.25, -0.2) is 0 Å². The van der Waals surface area contributed by atoms with Crippen LogP contribution in [0.25, 0.3) is 0 Å². The predicted molar refractivity (Wildman–Crippen MR) is 83.7 cm³/mol.